The molecule has 0 spiro atoms. The molecule has 2 heterocycles. The minimum Gasteiger partial charge on any atom is -0.451 e. The first-order valence-electron chi connectivity index (χ1n) is 9.04. The minimum absolute atomic E-state index is 0.0273. The summed E-state index contributed by atoms with van der Waals surface area (Å²) in [7, 11) is 0. The molecule has 1 fully saturated rings. The quantitative estimate of drug-likeness (QED) is 0.440. The van der Waals surface area contributed by atoms with Crippen molar-refractivity contribution >= 4 is 39.5 Å². The topological polar surface area (TPSA) is 109 Å². The monoisotopic (exact) mass is 468 g/mol. The zero-order chi connectivity index (χ0) is 21.3. The average molecular weight is 469 g/mol. The van der Waals surface area contributed by atoms with Gasteiger partial charge in [-0.05, 0) is 42.0 Å². The van der Waals surface area contributed by atoms with Gasteiger partial charge in [-0.15, -0.1) is 0 Å². The van der Waals surface area contributed by atoms with Gasteiger partial charge in [0.25, 0.3) is 5.91 Å². The van der Waals surface area contributed by atoms with E-state index in [1.54, 1.807) is 30.3 Å². The first-order chi connectivity index (χ1) is 14.4. The maximum atomic E-state index is 12.6. The Bertz CT molecular complexity index is 1140. The van der Waals surface area contributed by atoms with Crippen LogP contribution in [0.3, 0.4) is 0 Å². The Morgan fingerprint density at radius 1 is 1.10 bits per heavy atom. The summed E-state index contributed by atoms with van der Waals surface area (Å²) in [6.45, 7) is -0.186. The highest BCUT2D eigenvalue weighted by atomic mass is 79.9. The predicted molar refractivity (Wildman–Crippen MR) is 113 cm³/mol. The Balaban J connectivity index is 1.44. The highest BCUT2D eigenvalue weighted by Gasteiger charge is 2.37. The van der Waals surface area contributed by atoms with E-state index >= 15 is 0 Å². The van der Waals surface area contributed by atoms with Crippen LogP contribution in [0.5, 0.6) is 0 Å². The highest BCUT2D eigenvalue weighted by molar-refractivity contribution is 9.10. The third-order valence-corrected chi connectivity index (χ3v) is 5.02. The Morgan fingerprint density at radius 2 is 1.90 bits per heavy atom. The van der Waals surface area contributed by atoms with Crippen LogP contribution in [0.2, 0.25) is 0 Å². The number of hydrogen-bond acceptors (Lipinski definition) is 5. The predicted octanol–water partition coefficient (Wildman–Crippen LogP) is 3.40. The number of nitrogen functional groups attached to an aromatic ring is 1. The number of rotatable bonds is 5. The highest BCUT2D eigenvalue weighted by Crippen LogP contribution is 2.25. The third-order valence-electron chi connectivity index (χ3n) is 4.52. The number of benzene rings is 2. The van der Waals surface area contributed by atoms with Gasteiger partial charge in [0, 0.05) is 15.7 Å². The van der Waals surface area contributed by atoms with Crippen LogP contribution >= 0.6 is 15.9 Å². The van der Waals surface area contributed by atoms with E-state index in [4.69, 9.17) is 10.2 Å². The molecule has 3 aromatic rings. The van der Waals surface area contributed by atoms with Crippen LogP contribution in [-0.2, 0) is 11.3 Å². The molecule has 0 radical (unpaired) electrons. The molecule has 1 aliphatic heterocycles. The molecule has 4 amide bonds. The van der Waals surface area contributed by atoms with Crippen LogP contribution in [-0.4, -0.2) is 34.3 Å². The Labute approximate surface area is 180 Å². The third kappa shape index (κ3) is 4.06. The van der Waals surface area contributed by atoms with E-state index in [1.165, 1.54) is 6.07 Å². The molecule has 3 N–H and O–H groups in total. The molecule has 1 aliphatic rings. The zero-order valence-corrected chi connectivity index (χ0v) is 17.3. The van der Waals surface area contributed by atoms with Gasteiger partial charge in [0.05, 0.1) is 6.54 Å². The summed E-state index contributed by atoms with van der Waals surface area (Å²) in [6, 6.07) is 16.9. The number of nitrogens with two attached hydrogens (primary N) is 1. The van der Waals surface area contributed by atoms with Crippen molar-refractivity contribution in [1.82, 2.24) is 15.3 Å². The van der Waals surface area contributed by atoms with E-state index in [1.807, 2.05) is 24.3 Å². The number of halogens is 1. The summed E-state index contributed by atoms with van der Waals surface area (Å²) < 4.78 is 6.49. The van der Waals surface area contributed by atoms with E-state index in [9.17, 15) is 14.4 Å². The van der Waals surface area contributed by atoms with Crippen molar-refractivity contribution in [3.63, 3.8) is 0 Å². The molecule has 0 saturated carbocycles. The Morgan fingerprint density at radius 3 is 2.67 bits per heavy atom. The fourth-order valence-electron chi connectivity index (χ4n) is 3.09. The number of urea groups is 1. The number of carbonyl (C=O) groups excluding carboxylic acids is 3. The second kappa shape index (κ2) is 8.03. The molecule has 0 bridgehead atoms. The number of furan rings is 1. The van der Waals surface area contributed by atoms with Gasteiger partial charge in [-0.3, -0.25) is 19.9 Å². The average Bonchev–Trinajstić information content (AvgIpc) is 3.30. The van der Waals surface area contributed by atoms with Gasteiger partial charge in [0.2, 0.25) is 0 Å². The molecule has 1 aromatic heterocycles. The van der Waals surface area contributed by atoms with E-state index in [0.29, 0.717) is 11.4 Å². The normalized spacial score (nSPS) is 13.8. The van der Waals surface area contributed by atoms with E-state index in [0.717, 1.165) is 25.5 Å². The molecule has 1 saturated heterocycles. The largest absolute Gasteiger partial charge is 0.451 e. The van der Waals surface area contributed by atoms with Crippen molar-refractivity contribution in [2.24, 2.45) is 0 Å². The summed E-state index contributed by atoms with van der Waals surface area (Å²) in [5.74, 6) is -0.506. The first kappa shape index (κ1) is 19.7. The lowest BCUT2D eigenvalue weighted by Crippen LogP contribution is -2.44. The molecular weight excluding hydrogens is 452 g/mol. The van der Waals surface area contributed by atoms with Crippen molar-refractivity contribution in [3.05, 3.63) is 76.5 Å². The molecule has 0 unspecified atom stereocenters. The van der Waals surface area contributed by atoms with E-state index < -0.39 is 17.8 Å². The fraction of sp³-hybridized carbons (Fsp3) is 0.0952. The molecule has 0 atom stereocenters. The lowest BCUT2D eigenvalue weighted by atomic mass is 10.2. The number of imide groups is 1. The summed E-state index contributed by atoms with van der Waals surface area (Å²) >= 11 is 3.39. The fourth-order valence-corrected chi connectivity index (χ4v) is 3.49. The lowest BCUT2D eigenvalue weighted by molar-refractivity contribution is -0.125. The van der Waals surface area contributed by atoms with Crippen molar-refractivity contribution < 1.29 is 18.8 Å². The number of nitrogens with zero attached hydrogens (tertiary/aromatic N) is 2. The van der Waals surface area contributed by atoms with Crippen molar-refractivity contribution in [1.29, 1.82) is 0 Å². The molecule has 4 rings (SSSR count). The second-order valence-corrected chi connectivity index (χ2v) is 7.62. The molecule has 0 aliphatic carbocycles. The van der Waals surface area contributed by atoms with Gasteiger partial charge >= 0.3 is 11.9 Å². The summed E-state index contributed by atoms with van der Waals surface area (Å²) in [4.78, 5) is 38.4. The van der Waals surface area contributed by atoms with Crippen molar-refractivity contribution in [2.75, 3.05) is 12.3 Å². The van der Waals surface area contributed by atoms with Crippen molar-refractivity contribution in [2.45, 2.75) is 6.54 Å². The SMILES string of the molecule is Nc1cccc(CN2C(=O)CN(NC(=O)c3ccc(-c4cccc(Br)c4)o3)C2=O)c1. The van der Waals surface area contributed by atoms with Crippen molar-refractivity contribution in [3.8, 4) is 11.3 Å². The maximum Gasteiger partial charge on any atom is 0.346 e. The molecular formula is C21H17BrN4O4. The molecule has 9 heteroatoms. The second-order valence-electron chi connectivity index (χ2n) is 6.71. The van der Waals surface area contributed by atoms with E-state index in [-0.39, 0.29) is 18.8 Å². The standard InChI is InChI=1S/C21H17BrN4O4/c22-15-5-2-4-14(10-15)17-7-8-18(30-17)20(28)24-26-12-19(27)25(21(26)29)11-13-3-1-6-16(23)9-13/h1-10H,11-12,23H2,(H,24,28). The lowest BCUT2D eigenvalue weighted by Gasteiger charge is -2.17. The zero-order valence-electron chi connectivity index (χ0n) is 15.7. The first-order valence-corrected chi connectivity index (χ1v) is 9.83. The van der Waals surface area contributed by atoms with Gasteiger partial charge in [0.15, 0.2) is 5.76 Å². The van der Waals surface area contributed by atoms with Crippen LogP contribution in [0.1, 0.15) is 16.1 Å². The van der Waals surface area contributed by atoms with Gasteiger partial charge in [-0.25, -0.2) is 9.80 Å². The number of hydrogen-bond donors (Lipinski definition) is 2. The molecule has 152 valence electrons. The number of amides is 4. The summed E-state index contributed by atoms with van der Waals surface area (Å²) in [5, 5.41) is 0.970. The van der Waals surface area contributed by atoms with Crippen LogP contribution in [0.4, 0.5) is 10.5 Å². The Hall–Kier alpha value is -3.59. The summed E-state index contributed by atoms with van der Waals surface area (Å²) in [6.07, 6.45) is 0. The minimum atomic E-state index is -0.622. The summed E-state index contributed by atoms with van der Waals surface area (Å²) in [5.41, 5.74) is 10.2. The Kier molecular flexibility index (Phi) is 5.28. The number of anilines is 1. The van der Waals surface area contributed by atoms with Gasteiger partial charge in [-0.1, -0.05) is 40.2 Å². The van der Waals surface area contributed by atoms with E-state index in [2.05, 4.69) is 21.4 Å². The van der Waals surface area contributed by atoms with Gasteiger partial charge in [0.1, 0.15) is 12.3 Å². The molecule has 2 aromatic carbocycles. The smallest absolute Gasteiger partial charge is 0.346 e. The van der Waals surface area contributed by atoms with Gasteiger partial charge in [-0.2, -0.15) is 0 Å². The van der Waals surface area contributed by atoms with Crippen LogP contribution in [0, 0.1) is 0 Å². The number of carbonyl (C=O) groups is 3. The number of nitrogens with one attached hydrogen (secondary N) is 1. The van der Waals surface area contributed by atoms with Crippen LogP contribution in [0.25, 0.3) is 11.3 Å². The van der Waals surface area contributed by atoms with Gasteiger partial charge < -0.3 is 10.2 Å². The number of hydrazine groups is 1. The maximum absolute atomic E-state index is 12.6. The van der Waals surface area contributed by atoms with Crippen LogP contribution < -0.4 is 11.2 Å². The molecule has 30 heavy (non-hydrogen) atoms. The van der Waals surface area contributed by atoms with Crippen LogP contribution in [0.15, 0.2) is 69.6 Å². The molecule has 8 nitrogen and oxygen atoms in total.